The van der Waals surface area contributed by atoms with E-state index >= 15 is 0 Å². The molecule has 1 heterocycles. The van der Waals surface area contributed by atoms with Crippen LogP contribution in [0.5, 0.6) is 0 Å². The second kappa shape index (κ2) is 5.34. The van der Waals surface area contributed by atoms with E-state index in [1.54, 1.807) is 0 Å². The van der Waals surface area contributed by atoms with Gasteiger partial charge in [0, 0.05) is 6.21 Å². The van der Waals surface area contributed by atoms with Gasteiger partial charge in [0.05, 0.1) is 5.60 Å². The topological polar surface area (TPSA) is 95.0 Å². The minimum atomic E-state index is -1.88. The Hall–Kier alpha value is -2.12. The molecule has 2 unspecified atom stereocenters. The standard InChI is InChI=1S/C14H17FN4O2/c1-13(2,20)14(21,10-3-5-11(15)6-4-10)12(7-16)19-9-17-8-18-19/h3-9,12,16,20-21H,1-2H3. The van der Waals surface area contributed by atoms with E-state index in [4.69, 9.17) is 5.41 Å². The molecule has 0 amide bonds. The summed E-state index contributed by atoms with van der Waals surface area (Å²) in [5, 5.41) is 33.1. The quantitative estimate of drug-likeness (QED) is 0.723. The molecule has 1 aromatic carbocycles. The van der Waals surface area contributed by atoms with E-state index in [-0.39, 0.29) is 5.56 Å². The van der Waals surface area contributed by atoms with E-state index in [0.29, 0.717) is 0 Å². The molecular weight excluding hydrogens is 275 g/mol. The maximum atomic E-state index is 13.1. The average Bonchev–Trinajstić information content (AvgIpc) is 2.92. The van der Waals surface area contributed by atoms with Gasteiger partial charge in [0.1, 0.15) is 30.1 Å². The van der Waals surface area contributed by atoms with E-state index in [0.717, 1.165) is 6.21 Å². The first-order chi connectivity index (χ1) is 9.80. The molecule has 0 aliphatic heterocycles. The first-order valence-electron chi connectivity index (χ1n) is 6.36. The van der Waals surface area contributed by atoms with E-state index in [2.05, 4.69) is 10.1 Å². The number of benzene rings is 1. The highest BCUT2D eigenvalue weighted by atomic mass is 19.1. The van der Waals surface area contributed by atoms with Gasteiger partial charge >= 0.3 is 0 Å². The highest BCUT2D eigenvalue weighted by Crippen LogP contribution is 2.41. The van der Waals surface area contributed by atoms with Crippen molar-refractivity contribution in [3.8, 4) is 0 Å². The summed E-state index contributed by atoms with van der Waals surface area (Å²) in [6, 6.07) is 4.13. The SMILES string of the molecule is CC(C)(O)C(O)(c1ccc(F)cc1)C(C=N)n1cncn1. The lowest BCUT2D eigenvalue weighted by Crippen LogP contribution is -2.54. The summed E-state index contributed by atoms with van der Waals surface area (Å²) in [5.41, 5.74) is -3.21. The Labute approximate surface area is 121 Å². The molecular formula is C14H17FN4O2. The van der Waals surface area contributed by atoms with Crippen molar-refractivity contribution in [3.05, 3.63) is 48.3 Å². The summed E-state index contributed by atoms with van der Waals surface area (Å²) in [4.78, 5) is 3.79. The highest BCUT2D eigenvalue weighted by Gasteiger charge is 2.50. The average molecular weight is 292 g/mol. The summed E-state index contributed by atoms with van der Waals surface area (Å²) in [6.45, 7) is 2.84. The number of nitrogens with one attached hydrogen (secondary N) is 1. The fourth-order valence-electron chi connectivity index (χ4n) is 2.34. The Bertz CT molecular complexity index is 607. The van der Waals surface area contributed by atoms with E-state index in [9.17, 15) is 14.6 Å². The van der Waals surface area contributed by atoms with Crippen LogP contribution in [-0.4, -0.2) is 36.8 Å². The maximum absolute atomic E-state index is 13.1. The van der Waals surface area contributed by atoms with Gasteiger partial charge in [0.2, 0.25) is 0 Å². The molecule has 0 bridgehead atoms. The van der Waals surface area contributed by atoms with E-state index < -0.39 is 23.1 Å². The van der Waals surface area contributed by atoms with Crippen LogP contribution in [0.2, 0.25) is 0 Å². The molecule has 1 aromatic heterocycles. The molecule has 0 spiro atoms. The third-order valence-electron chi connectivity index (χ3n) is 3.52. The third kappa shape index (κ3) is 2.57. The van der Waals surface area contributed by atoms with Crippen molar-refractivity contribution < 1.29 is 14.6 Å². The van der Waals surface area contributed by atoms with Crippen LogP contribution in [0, 0.1) is 11.2 Å². The van der Waals surface area contributed by atoms with Crippen molar-refractivity contribution in [1.29, 1.82) is 5.41 Å². The van der Waals surface area contributed by atoms with E-state index in [1.165, 1.54) is 55.4 Å². The second-order valence-electron chi connectivity index (χ2n) is 5.32. The lowest BCUT2D eigenvalue weighted by molar-refractivity contribution is -0.154. The highest BCUT2D eigenvalue weighted by molar-refractivity contribution is 5.62. The van der Waals surface area contributed by atoms with Gasteiger partial charge in [0.25, 0.3) is 0 Å². The van der Waals surface area contributed by atoms with Crippen molar-refractivity contribution in [2.45, 2.75) is 31.1 Å². The Morgan fingerprint density at radius 2 is 1.90 bits per heavy atom. The van der Waals surface area contributed by atoms with Gasteiger partial charge in [0.15, 0.2) is 0 Å². The summed E-state index contributed by atoms with van der Waals surface area (Å²) in [6.07, 6.45) is 3.58. The third-order valence-corrected chi connectivity index (χ3v) is 3.52. The molecule has 2 aromatic rings. The van der Waals surface area contributed by atoms with Crippen LogP contribution >= 0.6 is 0 Å². The van der Waals surface area contributed by atoms with Crippen LogP contribution in [0.1, 0.15) is 25.5 Å². The van der Waals surface area contributed by atoms with Gasteiger partial charge in [-0.15, -0.1) is 0 Å². The summed E-state index contributed by atoms with van der Waals surface area (Å²) in [5.74, 6) is -0.455. The summed E-state index contributed by atoms with van der Waals surface area (Å²) < 4.78 is 14.4. The number of aliphatic hydroxyl groups is 2. The molecule has 3 N–H and O–H groups in total. The minimum Gasteiger partial charge on any atom is -0.387 e. The fourth-order valence-corrected chi connectivity index (χ4v) is 2.34. The molecule has 112 valence electrons. The number of nitrogens with zero attached hydrogens (tertiary/aromatic N) is 3. The molecule has 0 aliphatic rings. The first-order valence-corrected chi connectivity index (χ1v) is 6.36. The van der Waals surface area contributed by atoms with Crippen molar-refractivity contribution in [1.82, 2.24) is 14.8 Å². The molecule has 6 nitrogen and oxygen atoms in total. The zero-order valence-corrected chi connectivity index (χ0v) is 11.7. The molecule has 0 radical (unpaired) electrons. The Balaban J connectivity index is 2.61. The minimum absolute atomic E-state index is 0.278. The van der Waals surface area contributed by atoms with Crippen LogP contribution in [0.25, 0.3) is 0 Å². The van der Waals surface area contributed by atoms with Crippen molar-refractivity contribution in [3.63, 3.8) is 0 Å². The zero-order chi connectivity index (χ0) is 15.7. The Morgan fingerprint density at radius 3 is 2.33 bits per heavy atom. The molecule has 0 saturated heterocycles. The van der Waals surface area contributed by atoms with Gasteiger partial charge in [-0.25, -0.2) is 14.1 Å². The number of halogens is 1. The van der Waals surface area contributed by atoms with Crippen LogP contribution in [-0.2, 0) is 5.60 Å². The van der Waals surface area contributed by atoms with Crippen molar-refractivity contribution in [2.75, 3.05) is 0 Å². The lowest BCUT2D eigenvalue weighted by atomic mass is 9.74. The monoisotopic (exact) mass is 292 g/mol. The second-order valence-corrected chi connectivity index (χ2v) is 5.32. The van der Waals surface area contributed by atoms with Gasteiger partial charge in [-0.3, -0.25) is 0 Å². The molecule has 7 heteroatoms. The summed E-state index contributed by atoms with van der Waals surface area (Å²) >= 11 is 0. The smallest absolute Gasteiger partial charge is 0.145 e. The predicted molar refractivity (Wildman–Crippen MR) is 74.4 cm³/mol. The van der Waals surface area contributed by atoms with Gasteiger partial charge in [-0.05, 0) is 31.5 Å². The normalized spacial score (nSPS) is 16.2. The Morgan fingerprint density at radius 1 is 1.29 bits per heavy atom. The lowest BCUT2D eigenvalue weighted by Gasteiger charge is -2.43. The molecule has 2 rings (SSSR count). The molecule has 0 aliphatic carbocycles. The van der Waals surface area contributed by atoms with Crippen molar-refractivity contribution >= 4 is 6.21 Å². The summed E-state index contributed by atoms with van der Waals surface area (Å²) in [7, 11) is 0. The van der Waals surface area contributed by atoms with Gasteiger partial charge < -0.3 is 15.6 Å². The van der Waals surface area contributed by atoms with Crippen LogP contribution < -0.4 is 0 Å². The number of rotatable bonds is 5. The zero-order valence-electron chi connectivity index (χ0n) is 11.7. The van der Waals surface area contributed by atoms with Crippen LogP contribution in [0.4, 0.5) is 4.39 Å². The van der Waals surface area contributed by atoms with E-state index in [1.807, 2.05) is 0 Å². The van der Waals surface area contributed by atoms with Gasteiger partial charge in [-0.2, -0.15) is 5.10 Å². The number of aromatic nitrogens is 3. The predicted octanol–water partition coefficient (Wildman–Crippen LogP) is 1.27. The number of hydrogen-bond acceptors (Lipinski definition) is 5. The molecule has 21 heavy (non-hydrogen) atoms. The molecule has 0 fully saturated rings. The number of hydrogen-bond donors (Lipinski definition) is 3. The van der Waals surface area contributed by atoms with Crippen molar-refractivity contribution in [2.24, 2.45) is 0 Å². The van der Waals surface area contributed by atoms with Crippen LogP contribution in [0.15, 0.2) is 36.9 Å². The Kier molecular flexibility index (Phi) is 3.89. The first kappa shape index (κ1) is 15.3. The maximum Gasteiger partial charge on any atom is 0.145 e. The molecule has 2 atom stereocenters. The van der Waals surface area contributed by atoms with Gasteiger partial charge in [-0.1, -0.05) is 12.1 Å². The van der Waals surface area contributed by atoms with Crippen LogP contribution in [0.3, 0.4) is 0 Å². The fraction of sp³-hybridized carbons (Fsp3) is 0.357. The molecule has 0 saturated carbocycles. The largest absolute Gasteiger partial charge is 0.387 e.